The highest BCUT2D eigenvalue weighted by Crippen LogP contribution is 2.28. The zero-order valence-electron chi connectivity index (χ0n) is 9.64. The van der Waals surface area contributed by atoms with Gasteiger partial charge < -0.3 is 14.2 Å². The summed E-state index contributed by atoms with van der Waals surface area (Å²) < 4.78 is 15.6. The molecule has 13 heavy (non-hydrogen) atoms. The molecule has 0 spiro atoms. The van der Waals surface area contributed by atoms with Gasteiger partial charge in [-0.15, -0.1) is 0 Å². The lowest BCUT2D eigenvalue weighted by molar-refractivity contribution is -0.356. The lowest BCUT2D eigenvalue weighted by atomic mass is 9.90. The summed E-state index contributed by atoms with van der Waals surface area (Å²) in [6.07, 6.45) is 1.72. The summed E-state index contributed by atoms with van der Waals surface area (Å²) in [4.78, 5) is 0. The smallest absolute Gasteiger partial charge is 0.282 e. The second-order valence-electron chi connectivity index (χ2n) is 4.36. The van der Waals surface area contributed by atoms with E-state index in [-0.39, 0.29) is 5.41 Å². The van der Waals surface area contributed by atoms with E-state index < -0.39 is 5.97 Å². The Kier molecular flexibility index (Phi) is 4.89. The van der Waals surface area contributed by atoms with E-state index in [4.69, 9.17) is 14.2 Å². The molecule has 0 aromatic heterocycles. The summed E-state index contributed by atoms with van der Waals surface area (Å²) >= 11 is 0. The largest absolute Gasteiger partial charge is 0.331 e. The maximum absolute atomic E-state index is 5.19. The van der Waals surface area contributed by atoms with Crippen molar-refractivity contribution in [1.82, 2.24) is 0 Å². The van der Waals surface area contributed by atoms with Gasteiger partial charge in [-0.2, -0.15) is 0 Å². The Labute approximate surface area is 81.4 Å². The van der Waals surface area contributed by atoms with Gasteiger partial charge in [0, 0.05) is 27.8 Å². The molecule has 0 aromatic rings. The molecule has 0 unspecified atom stereocenters. The minimum Gasteiger partial charge on any atom is -0.331 e. The molecule has 80 valence electrons. The van der Waals surface area contributed by atoms with Crippen LogP contribution in [0.4, 0.5) is 0 Å². The summed E-state index contributed by atoms with van der Waals surface area (Å²) in [7, 11) is 4.78. The van der Waals surface area contributed by atoms with Crippen LogP contribution < -0.4 is 0 Å². The second kappa shape index (κ2) is 4.94. The second-order valence-corrected chi connectivity index (χ2v) is 4.36. The van der Waals surface area contributed by atoms with Crippen LogP contribution >= 0.6 is 0 Å². The summed E-state index contributed by atoms with van der Waals surface area (Å²) in [5.41, 5.74) is 0.265. The molecular formula is C10H22O3. The molecule has 0 heterocycles. The summed E-state index contributed by atoms with van der Waals surface area (Å²) in [5, 5.41) is 0. The van der Waals surface area contributed by atoms with Crippen LogP contribution in [-0.2, 0) is 14.2 Å². The Morgan fingerprint density at radius 3 is 1.38 bits per heavy atom. The monoisotopic (exact) mass is 190 g/mol. The van der Waals surface area contributed by atoms with Crippen molar-refractivity contribution in [2.75, 3.05) is 21.3 Å². The van der Waals surface area contributed by atoms with Gasteiger partial charge in [0.15, 0.2) is 0 Å². The van der Waals surface area contributed by atoms with E-state index in [1.807, 2.05) is 0 Å². The van der Waals surface area contributed by atoms with Crippen molar-refractivity contribution >= 4 is 0 Å². The molecule has 0 bridgehead atoms. The van der Waals surface area contributed by atoms with E-state index in [0.29, 0.717) is 0 Å². The standard InChI is InChI=1S/C10H22O3/c1-9(2,3)7-8-10(11-4,12-5)13-6/h7-8H2,1-6H3. The van der Waals surface area contributed by atoms with E-state index >= 15 is 0 Å². The summed E-state index contributed by atoms with van der Waals surface area (Å²) in [6, 6.07) is 0. The van der Waals surface area contributed by atoms with Crippen LogP contribution in [0.2, 0.25) is 0 Å². The first-order valence-electron chi connectivity index (χ1n) is 4.54. The lowest BCUT2D eigenvalue weighted by Gasteiger charge is -2.31. The van der Waals surface area contributed by atoms with Crippen LogP contribution in [-0.4, -0.2) is 27.3 Å². The van der Waals surface area contributed by atoms with E-state index in [1.54, 1.807) is 21.3 Å². The maximum Gasteiger partial charge on any atom is 0.282 e. The normalized spacial score (nSPS) is 13.4. The third-order valence-electron chi connectivity index (χ3n) is 2.11. The number of hydrogen-bond acceptors (Lipinski definition) is 3. The Morgan fingerprint density at radius 1 is 0.769 bits per heavy atom. The first-order valence-corrected chi connectivity index (χ1v) is 4.54. The van der Waals surface area contributed by atoms with Crippen LogP contribution in [0.25, 0.3) is 0 Å². The van der Waals surface area contributed by atoms with Gasteiger partial charge >= 0.3 is 0 Å². The van der Waals surface area contributed by atoms with Gasteiger partial charge in [-0.1, -0.05) is 20.8 Å². The third kappa shape index (κ3) is 4.60. The third-order valence-corrected chi connectivity index (χ3v) is 2.11. The lowest BCUT2D eigenvalue weighted by Crippen LogP contribution is -2.36. The minimum atomic E-state index is -0.868. The molecule has 0 saturated carbocycles. The predicted octanol–water partition coefficient (Wildman–Crippen LogP) is 2.41. The molecule has 0 N–H and O–H groups in total. The molecule has 0 aliphatic carbocycles. The highest BCUT2D eigenvalue weighted by Gasteiger charge is 2.30. The molecule has 0 aliphatic heterocycles. The van der Waals surface area contributed by atoms with Crippen molar-refractivity contribution in [1.29, 1.82) is 0 Å². The number of rotatable bonds is 5. The van der Waals surface area contributed by atoms with Gasteiger partial charge in [-0.25, -0.2) is 0 Å². The first-order chi connectivity index (χ1) is 5.89. The zero-order valence-corrected chi connectivity index (χ0v) is 9.64. The number of methoxy groups -OCH3 is 3. The average molecular weight is 190 g/mol. The molecule has 0 amide bonds. The van der Waals surface area contributed by atoms with Gasteiger partial charge in [-0.05, 0) is 11.8 Å². The molecule has 0 aromatic carbocycles. The van der Waals surface area contributed by atoms with Gasteiger partial charge in [0.25, 0.3) is 5.97 Å². The predicted molar refractivity (Wildman–Crippen MR) is 52.4 cm³/mol. The zero-order chi connectivity index (χ0) is 10.5. The Hall–Kier alpha value is -0.120. The van der Waals surface area contributed by atoms with E-state index in [0.717, 1.165) is 12.8 Å². The summed E-state index contributed by atoms with van der Waals surface area (Å²) in [5.74, 6) is -0.868. The number of hydrogen-bond donors (Lipinski definition) is 0. The Bertz CT molecular complexity index is 125. The van der Waals surface area contributed by atoms with Crippen LogP contribution in [0.5, 0.6) is 0 Å². The van der Waals surface area contributed by atoms with Crippen molar-refractivity contribution in [2.24, 2.45) is 5.41 Å². The van der Waals surface area contributed by atoms with Crippen molar-refractivity contribution in [3.63, 3.8) is 0 Å². The quantitative estimate of drug-likeness (QED) is 0.623. The molecule has 3 heteroatoms. The van der Waals surface area contributed by atoms with Gasteiger partial charge in [0.2, 0.25) is 0 Å². The molecular weight excluding hydrogens is 168 g/mol. The van der Waals surface area contributed by atoms with Crippen LogP contribution in [0.3, 0.4) is 0 Å². The maximum atomic E-state index is 5.19. The SMILES string of the molecule is COC(CCC(C)(C)C)(OC)OC. The van der Waals surface area contributed by atoms with Crippen LogP contribution in [0, 0.1) is 5.41 Å². The van der Waals surface area contributed by atoms with E-state index in [1.165, 1.54) is 0 Å². The molecule has 0 rings (SSSR count). The molecule has 0 saturated heterocycles. The average Bonchev–Trinajstić information content (AvgIpc) is 2.06. The first kappa shape index (κ1) is 12.9. The van der Waals surface area contributed by atoms with Crippen molar-refractivity contribution < 1.29 is 14.2 Å². The highest BCUT2D eigenvalue weighted by atomic mass is 16.9. The van der Waals surface area contributed by atoms with Gasteiger partial charge in [0.05, 0.1) is 0 Å². The van der Waals surface area contributed by atoms with Crippen molar-refractivity contribution in [2.45, 2.75) is 39.6 Å². The summed E-state index contributed by atoms with van der Waals surface area (Å²) in [6.45, 7) is 6.54. The van der Waals surface area contributed by atoms with Gasteiger partial charge in [0.1, 0.15) is 0 Å². The van der Waals surface area contributed by atoms with E-state index in [2.05, 4.69) is 20.8 Å². The highest BCUT2D eigenvalue weighted by molar-refractivity contribution is 4.66. The minimum absolute atomic E-state index is 0.265. The van der Waals surface area contributed by atoms with Crippen LogP contribution in [0.1, 0.15) is 33.6 Å². The van der Waals surface area contributed by atoms with Gasteiger partial charge in [-0.3, -0.25) is 0 Å². The molecule has 0 radical (unpaired) electrons. The Morgan fingerprint density at radius 2 is 1.15 bits per heavy atom. The van der Waals surface area contributed by atoms with Crippen LogP contribution in [0.15, 0.2) is 0 Å². The molecule has 0 atom stereocenters. The molecule has 0 aliphatic rings. The fraction of sp³-hybridized carbons (Fsp3) is 1.00. The topological polar surface area (TPSA) is 27.7 Å². The molecule has 0 fully saturated rings. The van der Waals surface area contributed by atoms with Crippen molar-refractivity contribution in [3.05, 3.63) is 0 Å². The number of ether oxygens (including phenoxy) is 3. The fourth-order valence-corrected chi connectivity index (χ4v) is 1.08. The molecule has 3 nitrogen and oxygen atoms in total. The Balaban J connectivity index is 4.11. The fourth-order valence-electron chi connectivity index (χ4n) is 1.08. The van der Waals surface area contributed by atoms with Crippen molar-refractivity contribution in [3.8, 4) is 0 Å². The van der Waals surface area contributed by atoms with E-state index in [9.17, 15) is 0 Å².